The Kier molecular flexibility index (Phi) is 0.714. The first-order valence-electron chi connectivity index (χ1n) is 3.51. The lowest BCUT2D eigenvalue weighted by atomic mass is 10.2. The van der Waals surface area contributed by atoms with Crippen molar-refractivity contribution in [3.05, 3.63) is 30.3 Å². The molecule has 1 aromatic carbocycles. The Morgan fingerprint density at radius 3 is 2.82 bits per heavy atom. The summed E-state index contributed by atoms with van der Waals surface area (Å²) in [6.07, 6.45) is 0. The van der Waals surface area contributed by atoms with Crippen molar-refractivity contribution >= 4 is 22.2 Å². The van der Waals surface area contributed by atoms with Gasteiger partial charge in [0.05, 0.1) is 0 Å². The fourth-order valence-corrected chi connectivity index (χ4v) is 1.33. The van der Waals surface area contributed by atoms with Gasteiger partial charge in [0.15, 0.2) is 0 Å². The zero-order valence-corrected chi connectivity index (χ0v) is 5.74. The fourth-order valence-electron chi connectivity index (χ4n) is 1.33. The zero-order chi connectivity index (χ0) is 7.26. The molecule has 4 aromatic rings. The molecule has 52 valence electrons. The summed E-state index contributed by atoms with van der Waals surface area (Å²) in [6, 6.07) is 10.0. The van der Waals surface area contributed by atoms with Gasteiger partial charge in [0.2, 0.25) is 11.4 Å². The van der Waals surface area contributed by atoms with Gasteiger partial charge in [-0.2, -0.15) is 4.98 Å². The minimum Gasteiger partial charge on any atom is -0.420 e. The number of hydrogen-bond donors (Lipinski definition) is 0. The molecule has 0 saturated carbocycles. The van der Waals surface area contributed by atoms with Gasteiger partial charge in [-0.1, -0.05) is 18.2 Å². The predicted octanol–water partition coefficient (Wildman–Crippen LogP) is 2.42. The topological polar surface area (TPSA) is 26.0 Å². The second-order valence-electron chi connectivity index (χ2n) is 2.59. The number of pyridine rings is 1. The Hall–Kier alpha value is -1.57. The van der Waals surface area contributed by atoms with Gasteiger partial charge in [0, 0.05) is 11.5 Å². The van der Waals surface area contributed by atoms with Gasteiger partial charge in [-0.3, -0.25) is 0 Å². The highest BCUT2D eigenvalue weighted by molar-refractivity contribution is 5.96. The lowest BCUT2D eigenvalue weighted by Gasteiger charge is -2.03. The van der Waals surface area contributed by atoms with E-state index in [1.54, 1.807) is 0 Å². The quantitative estimate of drug-likeness (QED) is 0.483. The molecule has 0 aliphatic carbocycles. The van der Waals surface area contributed by atoms with Crippen LogP contribution in [0.15, 0.2) is 34.7 Å². The van der Waals surface area contributed by atoms with Gasteiger partial charge in [0.25, 0.3) is 0 Å². The number of hydrogen-bond acceptors (Lipinski definition) is 2. The monoisotopic (exact) mass is 143 g/mol. The van der Waals surface area contributed by atoms with Gasteiger partial charge in [-0.25, -0.2) is 0 Å². The van der Waals surface area contributed by atoms with Crippen LogP contribution in [-0.4, -0.2) is 4.98 Å². The third-order valence-electron chi connectivity index (χ3n) is 1.88. The van der Waals surface area contributed by atoms with E-state index < -0.39 is 0 Å². The van der Waals surface area contributed by atoms with Crippen molar-refractivity contribution in [2.24, 2.45) is 0 Å². The summed E-state index contributed by atoms with van der Waals surface area (Å²) in [4.78, 5) is 4.12. The van der Waals surface area contributed by atoms with Crippen LogP contribution in [-0.2, 0) is 0 Å². The van der Waals surface area contributed by atoms with Gasteiger partial charge >= 0.3 is 0 Å². The molecule has 3 heterocycles. The van der Waals surface area contributed by atoms with Crippen molar-refractivity contribution in [1.29, 1.82) is 0 Å². The average molecular weight is 143 g/mol. The normalized spacial score (nSPS) is 11.6. The Balaban J connectivity index is 2.66. The van der Waals surface area contributed by atoms with E-state index in [1.807, 2.05) is 24.3 Å². The van der Waals surface area contributed by atoms with Crippen molar-refractivity contribution in [2.75, 3.05) is 0 Å². The van der Waals surface area contributed by atoms with Gasteiger partial charge in [-0.15, -0.1) is 0 Å². The van der Waals surface area contributed by atoms with E-state index in [9.17, 15) is 0 Å². The van der Waals surface area contributed by atoms with Crippen LogP contribution >= 0.6 is 0 Å². The van der Waals surface area contributed by atoms with E-state index >= 15 is 0 Å². The first-order valence-corrected chi connectivity index (χ1v) is 3.51. The highest BCUT2D eigenvalue weighted by Crippen LogP contribution is 2.24. The van der Waals surface area contributed by atoms with Gasteiger partial charge in [-0.05, 0) is 11.5 Å². The molecule has 11 heavy (non-hydrogen) atoms. The van der Waals surface area contributed by atoms with Crippen LogP contribution in [0.5, 0.6) is 0 Å². The molecule has 0 radical (unpaired) electrons. The third-order valence-corrected chi connectivity index (χ3v) is 1.88. The Labute approximate surface area is 62.8 Å². The third kappa shape index (κ3) is 0.539. The summed E-state index contributed by atoms with van der Waals surface area (Å²) in [7, 11) is 0. The number of aromatic nitrogens is 1. The highest BCUT2D eigenvalue weighted by atomic mass is 16.4. The molecule has 2 heteroatoms. The van der Waals surface area contributed by atoms with E-state index in [2.05, 4.69) is 11.1 Å². The van der Waals surface area contributed by atoms with Gasteiger partial charge < -0.3 is 4.42 Å². The molecule has 0 atom stereocenters. The van der Waals surface area contributed by atoms with E-state index in [0.29, 0.717) is 0 Å². The predicted molar refractivity (Wildman–Crippen MR) is 42.7 cm³/mol. The molecule has 0 spiro atoms. The van der Waals surface area contributed by atoms with E-state index in [-0.39, 0.29) is 0 Å². The van der Waals surface area contributed by atoms with Crippen LogP contribution in [0.1, 0.15) is 0 Å². The zero-order valence-electron chi connectivity index (χ0n) is 5.74. The minimum atomic E-state index is 0.735. The molecule has 0 N–H and O–H groups in total. The van der Waals surface area contributed by atoms with Crippen molar-refractivity contribution in [3.63, 3.8) is 0 Å². The number of rotatable bonds is 0. The maximum absolute atomic E-state index is 5.21. The smallest absolute Gasteiger partial charge is 0.232 e. The molecule has 3 aromatic heterocycles. The van der Waals surface area contributed by atoms with Crippen LogP contribution in [0.4, 0.5) is 0 Å². The maximum Gasteiger partial charge on any atom is 0.232 e. The first-order chi connectivity index (χ1) is 5.43. The van der Waals surface area contributed by atoms with E-state index in [4.69, 9.17) is 4.42 Å². The van der Waals surface area contributed by atoms with Crippen LogP contribution in [0, 0.1) is 0 Å². The van der Waals surface area contributed by atoms with Crippen LogP contribution in [0.25, 0.3) is 22.2 Å². The SMILES string of the molecule is c1ccc2c(c1)cc1nc2o1. The molecule has 0 fully saturated rings. The molecular weight excluding hydrogens is 138 g/mol. The van der Waals surface area contributed by atoms with Crippen LogP contribution in [0.2, 0.25) is 0 Å². The molecule has 0 unspecified atom stereocenters. The summed E-state index contributed by atoms with van der Waals surface area (Å²) in [5, 5.41) is 2.31. The van der Waals surface area contributed by atoms with E-state index in [1.165, 1.54) is 5.39 Å². The van der Waals surface area contributed by atoms with Crippen LogP contribution in [0.3, 0.4) is 0 Å². The molecule has 0 saturated heterocycles. The van der Waals surface area contributed by atoms with Crippen molar-refractivity contribution in [3.8, 4) is 0 Å². The van der Waals surface area contributed by atoms with Crippen molar-refractivity contribution < 1.29 is 4.42 Å². The lowest BCUT2D eigenvalue weighted by molar-refractivity contribution is 0.585. The lowest BCUT2D eigenvalue weighted by Crippen LogP contribution is -1.86. The number of nitrogens with zero attached hydrogens (tertiary/aromatic N) is 1. The van der Waals surface area contributed by atoms with Crippen molar-refractivity contribution in [2.45, 2.75) is 0 Å². The standard InChI is InChI=1S/C9H5NO/c1-2-4-7-6(3-1)5-8-10-9(7)11-8/h1-5H. The second kappa shape index (κ2) is 1.53. The molecule has 2 bridgehead atoms. The first kappa shape index (κ1) is 5.13. The minimum absolute atomic E-state index is 0.735. The molecule has 4 rings (SSSR count). The summed E-state index contributed by atoms with van der Waals surface area (Å²) in [5.74, 6) is 0. The number of benzene rings is 1. The van der Waals surface area contributed by atoms with E-state index in [0.717, 1.165) is 16.8 Å². The highest BCUT2D eigenvalue weighted by Gasteiger charge is 2.06. The summed E-state index contributed by atoms with van der Waals surface area (Å²) in [5.41, 5.74) is 1.50. The summed E-state index contributed by atoms with van der Waals surface area (Å²) >= 11 is 0. The molecule has 0 aliphatic rings. The Morgan fingerprint density at radius 1 is 1.18 bits per heavy atom. The molecule has 0 aliphatic heterocycles. The van der Waals surface area contributed by atoms with Gasteiger partial charge in [0.1, 0.15) is 0 Å². The Morgan fingerprint density at radius 2 is 2.00 bits per heavy atom. The Bertz CT molecular complexity index is 482. The van der Waals surface area contributed by atoms with Crippen LogP contribution < -0.4 is 0 Å². The van der Waals surface area contributed by atoms with Crippen molar-refractivity contribution in [1.82, 2.24) is 4.98 Å². The second-order valence-corrected chi connectivity index (χ2v) is 2.59. The molecule has 0 amide bonds. The largest absolute Gasteiger partial charge is 0.420 e. The summed E-state index contributed by atoms with van der Waals surface area (Å²) in [6.45, 7) is 0. The molecule has 2 nitrogen and oxygen atoms in total. The maximum atomic E-state index is 5.21. The summed E-state index contributed by atoms with van der Waals surface area (Å²) < 4.78 is 5.21. The molecular formula is C9H5NO. The average Bonchev–Trinajstić information content (AvgIpc) is 2.02. The fraction of sp³-hybridized carbons (Fsp3) is 0.